The zero-order valence-corrected chi connectivity index (χ0v) is 13.4. The van der Waals surface area contributed by atoms with Crippen molar-refractivity contribution in [1.82, 2.24) is 24.5 Å². The number of carbonyl (C=O) groups is 1. The van der Waals surface area contributed by atoms with Crippen molar-refractivity contribution in [1.29, 1.82) is 0 Å². The Balaban J connectivity index is 1.73. The number of nitrogens with zero attached hydrogens (tertiary/aromatic N) is 5. The van der Waals surface area contributed by atoms with Gasteiger partial charge in [-0.3, -0.25) is 4.79 Å². The minimum absolute atomic E-state index is 0.0798. The Labute approximate surface area is 128 Å². The van der Waals surface area contributed by atoms with Gasteiger partial charge in [-0.05, 0) is 32.8 Å². The maximum absolute atomic E-state index is 12.1. The van der Waals surface area contributed by atoms with Crippen molar-refractivity contribution in [2.24, 2.45) is 5.92 Å². The Bertz CT molecular complexity index is 683. The molecule has 1 aliphatic rings. The Morgan fingerprint density at radius 2 is 2.19 bits per heavy atom. The summed E-state index contributed by atoms with van der Waals surface area (Å²) >= 11 is 1.54. The summed E-state index contributed by atoms with van der Waals surface area (Å²) in [5.74, 6) is 1.68. The molecule has 0 unspecified atom stereocenters. The van der Waals surface area contributed by atoms with E-state index in [-0.39, 0.29) is 11.8 Å². The average molecular weight is 305 g/mol. The quantitative estimate of drug-likeness (QED) is 0.808. The molecule has 21 heavy (non-hydrogen) atoms. The highest BCUT2D eigenvalue weighted by atomic mass is 32.2. The predicted octanol–water partition coefficient (Wildman–Crippen LogP) is 1.70. The highest BCUT2D eigenvalue weighted by molar-refractivity contribution is 7.99. The van der Waals surface area contributed by atoms with Crippen molar-refractivity contribution in [3.8, 4) is 0 Å². The monoisotopic (exact) mass is 305 g/mol. The van der Waals surface area contributed by atoms with Gasteiger partial charge in [-0.25, -0.2) is 9.50 Å². The molecule has 0 saturated carbocycles. The average Bonchev–Trinajstić information content (AvgIpc) is 2.83. The number of amides is 1. The highest BCUT2D eigenvalue weighted by Gasteiger charge is 2.26. The number of likely N-dealkylation sites (tertiary alicyclic amines) is 1. The molecule has 0 radical (unpaired) electrons. The molecule has 2 aromatic rings. The molecular weight excluding hydrogens is 286 g/mol. The van der Waals surface area contributed by atoms with Crippen molar-refractivity contribution in [3.63, 3.8) is 0 Å². The lowest BCUT2D eigenvalue weighted by Crippen LogP contribution is -2.39. The molecule has 112 valence electrons. The summed E-state index contributed by atoms with van der Waals surface area (Å²) in [6.07, 6.45) is 2.03. The molecule has 1 atom stereocenters. The molecule has 1 aliphatic heterocycles. The fourth-order valence-corrected chi connectivity index (χ4v) is 3.60. The lowest BCUT2D eigenvalue weighted by molar-refractivity contribution is -0.135. The Hall–Kier alpha value is -1.63. The lowest BCUT2D eigenvalue weighted by atomic mass is 10.00. The van der Waals surface area contributed by atoms with Crippen LogP contribution in [0.25, 0.3) is 5.78 Å². The van der Waals surface area contributed by atoms with E-state index in [2.05, 4.69) is 15.1 Å². The zero-order chi connectivity index (χ0) is 15.0. The van der Waals surface area contributed by atoms with E-state index in [0.717, 1.165) is 36.5 Å². The molecule has 0 aliphatic carbocycles. The second-order valence-electron chi connectivity index (χ2n) is 5.56. The number of aromatic nitrogens is 4. The van der Waals surface area contributed by atoms with Crippen LogP contribution in [-0.4, -0.2) is 49.7 Å². The number of aryl methyl sites for hydroxylation is 2. The molecule has 0 aromatic carbocycles. The van der Waals surface area contributed by atoms with Gasteiger partial charge in [0.15, 0.2) is 0 Å². The predicted molar refractivity (Wildman–Crippen MR) is 81.3 cm³/mol. The molecule has 2 aromatic heterocycles. The Morgan fingerprint density at radius 1 is 1.38 bits per heavy atom. The maximum atomic E-state index is 12.1. The van der Waals surface area contributed by atoms with Crippen molar-refractivity contribution in [3.05, 3.63) is 17.5 Å². The van der Waals surface area contributed by atoms with Crippen LogP contribution in [0.1, 0.15) is 24.2 Å². The summed E-state index contributed by atoms with van der Waals surface area (Å²) in [4.78, 5) is 22.7. The SMILES string of the molecule is Cc1cc(C)n2nc(SC[C@@H]3CCCN(C)C3=O)nc2n1. The summed E-state index contributed by atoms with van der Waals surface area (Å²) in [6.45, 7) is 4.81. The molecule has 6 nitrogen and oxygen atoms in total. The second-order valence-corrected chi connectivity index (χ2v) is 6.54. The number of carbonyl (C=O) groups excluding carboxylic acids is 1. The third-order valence-electron chi connectivity index (χ3n) is 3.78. The summed E-state index contributed by atoms with van der Waals surface area (Å²) in [5, 5.41) is 5.15. The van der Waals surface area contributed by atoms with Gasteiger partial charge < -0.3 is 4.90 Å². The molecule has 1 saturated heterocycles. The van der Waals surface area contributed by atoms with Crippen LogP contribution in [0.15, 0.2) is 11.2 Å². The number of rotatable bonds is 3. The van der Waals surface area contributed by atoms with Gasteiger partial charge in [0.1, 0.15) is 0 Å². The normalized spacial score (nSPS) is 19.5. The van der Waals surface area contributed by atoms with Crippen LogP contribution in [0, 0.1) is 19.8 Å². The Morgan fingerprint density at radius 3 is 3.00 bits per heavy atom. The van der Waals surface area contributed by atoms with Crippen LogP contribution >= 0.6 is 11.8 Å². The van der Waals surface area contributed by atoms with Gasteiger partial charge in [-0.15, -0.1) is 5.10 Å². The van der Waals surface area contributed by atoms with E-state index in [1.165, 1.54) is 0 Å². The fraction of sp³-hybridized carbons (Fsp3) is 0.571. The zero-order valence-electron chi connectivity index (χ0n) is 12.5. The molecule has 1 fully saturated rings. The van der Waals surface area contributed by atoms with Crippen LogP contribution < -0.4 is 0 Å². The summed E-state index contributed by atoms with van der Waals surface area (Å²) < 4.78 is 1.75. The van der Waals surface area contributed by atoms with Crippen LogP contribution in [0.3, 0.4) is 0 Å². The molecule has 1 amide bonds. The summed E-state index contributed by atoms with van der Waals surface area (Å²) in [5.41, 5.74) is 1.96. The first-order valence-electron chi connectivity index (χ1n) is 7.13. The van der Waals surface area contributed by atoms with Crippen molar-refractivity contribution in [2.75, 3.05) is 19.3 Å². The molecule has 7 heteroatoms. The third-order valence-corrected chi connectivity index (χ3v) is 4.78. The molecule has 0 spiro atoms. The number of hydrogen-bond donors (Lipinski definition) is 0. The van der Waals surface area contributed by atoms with E-state index in [4.69, 9.17) is 0 Å². The number of hydrogen-bond acceptors (Lipinski definition) is 5. The van der Waals surface area contributed by atoms with Crippen LogP contribution in [0.2, 0.25) is 0 Å². The number of piperidine rings is 1. The molecule has 0 N–H and O–H groups in total. The van der Waals surface area contributed by atoms with E-state index >= 15 is 0 Å². The summed E-state index contributed by atoms with van der Waals surface area (Å²) in [6, 6.07) is 1.98. The van der Waals surface area contributed by atoms with Gasteiger partial charge in [-0.1, -0.05) is 11.8 Å². The van der Waals surface area contributed by atoms with Crippen LogP contribution in [0.5, 0.6) is 0 Å². The first-order valence-corrected chi connectivity index (χ1v) is 8.12. The van der Waals surface area contributed by atoms with Gasteiger partial charge in [0, 0.05) is 36.7 Å². The van der Waals surface area contributed by atoms with Crippen molar-refractivity contribution in [2.45, 2.75) is 31.8 Å². The Kier molecular flexibility index (Phi) is 3.84. The van der Waals surface area contributed by atoms with E-state index in [1.807, 2.05) is 31.9 Å². The van der Waals surface area contributed by atoms with Gasteiger partial charge in [-0.2, -0.15) is 4.98 Å². The van der Waals surface area contributed by atoms with E-state index in [0.29, 0.717) is 10.9 Å². The first-order chi connectivity index (χ1) is 10.0. The van der Waals surface area contributed by atoms with Crippen molar-refractivity contribution >= 4 is 23.4 Å². The van der Waals surface area contributed by atoms with Gasteiger partial charge >= 0.3 is 0 Å². The van der Waals surface area contributed by atoms with Gasteiger partial charge in [0.05, 0.1) is 0 Å². The van der Waals surface area contributed by atoms with E-state index in [1.54, 1.807) is 16.3 Å². The highest BCUT2D eigenvalue weighted by Crippen LogP contribution is 2.24. The minimum Gasteiger partial charge on any atom is -0.345 e. The molecular formula is C14H19N5OS. The molecule has 3 heterocycles. The van der Waals surface area contributed by atoms with Crippen molar-refractivity contribution < 1.29 is 4.79 Å². The van der Waals surface area contributed by atoms with Gasteiger partial charge in [0.25, 0.3) is 5.78 Å². The smallest absolute Gasteiger partial charge is 0.253 e. The van der Waals surface area contributed by atoms with E-state index < -0.39 is 0 Å². The topological polar surface area (TPSA) is 63.4 Å². The minimum atomic E-state index is 0.0798. The van der Waals surface area contributed by atoms with Gasteiger partial charge in [0.2, 0.25) is 11.1 Å². The van der Waals surface area contributed by atoms with E-state index in [9.17, 15) is 4.79 Å². The third kappa shape index (κ3) is 2.88. The van der Waals surface area contributed by atoms with Crippen LogP contribution in [0.4, 0.5) is 0 Å². The molecule has 0 bridgehead atoms. The maximum Gasteiger partial charge on any atom is 0.253 e. The fourth-order valence-electron chi connectivity index (χ4n) is 2.66. The molecule has 3 rings (SSSR count). The number of fused-ring (bicyclic) bond motifs is 1. The standard InChI is InChI=1S/C14H19N5OS/c1-9-7-10(2)19-13(15-9)16-14(17-19)21-8-11-5-4-6-18(3)12(11)20/h7,11H,4-6,8H2,1-3H3/t11-/m0/s1. The summed E-state index contributed by atoms with van der Waals surface area (Å²) in [7, 11) is 1.87. The largest absolute Gasteiger partial charge is 0.345 e. The lowest BCUT2D eigenvalue weighted by Gasteiger charge is -2.28. The second kappa shape index (κ2) is 5.63. The first kappa shape index (κ1) is 14.3. The number of thioether (sulfide) groups is 1. The van der Waals surface area contributed by atoms with Crippen LogP contribution in [-0.2, 0) is 4.79 Å².